The SMILES string of the molecule is Cc1cncc(F)c1CSc1nc(C(F)(F)F)cc(=O)[nH]1. The molecule has 0 unspecified atom stereocenters. The number of hydrogen-bond donors (Lipinski definition) is 1. The van der Waals surface area contributed by atoms with Gasteiger partial charge >= 0.3 is 6.18 Å². The number of pyridine rings is 1. The number of thioether (sulfide) groups is 1. The summed E-state index contributed by atoms with van der Waals surface area (Å²) in [6, 6.07) is 0.377. The number of aromatic amines is 1. The Labute approximate surface area is 120 Å². The molecule has 2 rings (SSSR count). The molecule has 0 bridgehead atoms. The third-order valence-corrected chi connectivity index (χ3v) is 3.48. The Morgan fingerprint density at radius 3 is 2.67 bits per heavy atom. The van der Waals surface area contributed by atoms with Crippen LogP contribution in [-0.2, 0) is 11.9 Å². The number of rotatable bonds is 3. The van der Waals surface area contributed by atoms with Gasteiger partial charge < -0.3 is 4.98 Å². The van der Waals surface area contributed by atoms with Crippen molar-refractivity contribution in [2.45, 2.75) is 24.0 Å². The van der Waals surface area contributed by atoms with Gasteiger partial charge in [0.15, 0.2) is 10.9 Å². The standard InChI is InChI=1S/C12H9F4N3OS/c1-6-3-17-4-8(13)7(6)5-21-11-18-9(12(14,15)16)2-10(20)19-11/h2-4H,5H2,1H3,(H,18,19,20). The highest BCUT2D eigenvalue weighted by Crippen LogP contribution is 2.28. The van der Waals surface area contributed by atoms with E-state index in [1.54, 1.807) is 6.92 Å². The second-order valence-electron chi connectivity index (χ2n) is 4.14. The first-order valence-corrected chi connectivity index (χ1v) is 6.66. The Bertz CT molecular complexity index is 694. The van der Waals surface area contributed by atoms with Crippen molar-refractivity contribution >= 4 is 11.8 Å². The maximum absolute atomic E-state index is 13.6. The summed E-state index contributed by atoms with van der Waals surface area (Å²) < 4.78 is 51.2. The second-order valence-corrected chi connectivity index (χ2v) is 5.10. The highest BCUT2D eigenvalue weighted by atomic mass is 32.2. The van der Waals surface area contributed by atoms with Gasteiger partial charge in [-0.2, -0.15) is 13.2 Å². The first-order chi connectivity index (χ1) is 9.77. The van der Waals surface area contributed by atoms with Crippen molar-refractivity contribution in [1.29, 1.82) is 0 Å². The van der Waals surface area contributed by atoms with E-state index in [0.717, 1.165) is 18.0 Å². The van der Waals surface area contributed by atoms with Crippen LogP contribution in [0.4, 0.5) is 17.6 Å². The van der Waals surface area contributed by atoms with Gasteiger partial charge in [0.2, 0.25) is 0 Å². The highest BCUT2D eigenvalue weighted by molar-refractivity contribution is 7.98. The first kappa shape index (κ1) is 15.5. The van der Waals surface area contributed by atoms with Crippen LogP contribution in [0.25, 0.3) is 0 Å². The molecule has 4 nitrogen and oxygen atoms in total. The van der Waals surface area contributed by atoms with E-state index in [2.05, 4.69) is 15.0 Å². The van der Waals surface area contributed by atoms with E-state index in [-0.39, 0.29) is 10.9 Å². The van der Waals surface area contributed by atoms with Crippen LogP contribution in [-0.4, -0.2) is 15.0 Å². The van der Waals surface area contributed by atoms with Crippen molar-refractivity contribution in [1.82, 2.24) is 15.0 Å². The van der Waals surface area contributed by atoms with E-state index in [1.807, 2.05) is 0 Å². The number of halogens is 4. The van der Waals surface area contributed by atoms with Gasteiger partial charge in [0, 0.05) is 23.6 Å². The number of H-pyrrole nitrogens is 1. The van der Waals surface area contributed by atoms with Crippen molar-refractivity contribution in [3.63, 3.8) is 0 Å². The molecule has 0 atom stereocenters. The van der Waals surface area contributed by atoms with Gasteiger partial charge in [-0.05, 0) is 12.5 Å². The molecule has 0 saturated carbocycles. The average Bonchev–Trinajstić information content (AvgIpc) is 2.36. The number of nitrogens with one attached hydrogen (secondary N) is 1. The molecule has 9 heteroatoms. The van der Waals surface area contributed by atoms with Crippen molar-refractivity contribution in [3.05, 3.63) is 51.5 Å². The lowest BCUT2D eigenvalue weighted by molar-refractivity contribution is -0.141. The number of hydrogen-bond acceptors (Lipinski definition) is 4. The van der Waals surface area contributed by atoms with E-state index >= 15 is 0 Å². The van der Waals surface area contributed by atoms with Gasteiger partial charge in [-0.15, -0.1) is 0 Å². The number of alkyl halides is 3. The average molecular weight is 319 g/mol. The third kappa shape index (κ3) is 3.81. The molecule has 112 valence electrons. The molecular weight excluding hydrogens is 310 g/mol. The first-order valence-electron chi connectivity index (χ1n) is 5.67. The summed E-state index contributed by atoms with van der Waals surface area (Å²) >= 11 is 0.812. The Morgan fingerprint density at radius 2 is 2.05 bits per heavy atom. The molecule has 21 heavy (non-hydrogen) atoms. The Kier molecular flexibility index (Phi) is 4.31. The maximum Gasteiger partial charge on any atom is 0.433 e. The van der Waals surface area contributed by atoms with Crippen LogP contribution in [0.5, 0.6) is 0 Å². The number of aromatic nitrogens is 3. The quantitative estimate of drug-likeness (QED) is 0.537. The van der Waals surface area contributed by atoms with Crippen LogP contribution in [0.3, 0.4) is 0 Å². The maximum atomic E-state index is 13.6. The smallest absolute Gasteiger partial charge is 0.301 e. The number of aryl methyl sites for hydroxylation is 1. The van der Waals surface area contributed by atoms with E-state index < -0.39 is 23.2 Å². The van der Waals surface area contributed by atoms with E-state index in [4.69, 9.17) is 0 Å². The number of nitrogens with zero attached hydrogens (tertiary/aromatic N) is 2. The Hall–Kier alpha value is -1.90. The van der Waals surface area contributed by atoms with E-state index in [9.17, 15) is 22.4 Å². The minimum absolute atomic E-state index is 0.0322. The minimum atomic E-state index is -4.71. The van der Waals surface area contributed by atoms with Crippen LogP contribution in [0.1, 0.15) is 16.8 Å². The zero-order valence-corrected chi connectivity index (χ0v) is 11.5. The lowest BCUT2D eigenvalue weighted by atomic mass is 10.2. The summed E-state index contributed by atoms with van der Waals surface area (Å²) in [5, 5.41) is -0.217. The van der Waals surface area contributed by atoms with Crippen LogP contribution >= 0.6 is 11.8 Å². The molecular formula is C12H9F4N3OS. The van der Waals surface area contributed by atoms with E-state index in [0.29, 0.717) is 17.2 Å². The summed E-state index contributed by atoms with van der Waals surface area (Å²) in [6.45, 7) is 1.63. The molecule has 2 aromatic rings. The van der Waals surface area contributed by atoms with Crippen molar-refractivity contribution in [2.24, 2.45) is 0 Å². The predicted molar refractivity (Wildman–Crippen MR) is 68.4 cm³/mol. The monoisotopic (exact) mass is 319 g/mol. The summed E-state index contributed by atoms with van der Waals surface area (Å²) in [5.41, 5.74) is -1.32. The molecule has 0 aliphatic carbocycles. The zero-order chi connectivity index (χ0) is 15.6. The Morgan fingerprint density at radius 1 is 1.33 bits per heavy atom. The lowest BCUT2D eigenvalue weighted by Gasteiger charge is -2.08. The molecule has 1 N–H and O–H groups in total. The minimum Gasteiger partial charge on any atom is -0.301 e. The molecule has 0 saturated heterocycles. The Balaban J connectivity index is 2.25. The van der Waals surface area contributed by atoms with Crippen LogP contribution < -0.4 is 5.56 Å². The summed E-state index contributed by atoms with van der Waals surface area (Å²) in [6.07, 6.45) is -2.24. The molecule has 0 fully saturated rings. The van der Waals surface area contributed by atoms with Crippen LogP contribution in [0.2, 0.25) is 0 Å². The summed E-state index contributed by atoms with van der Waals surface area (Å²) in [5.74, 6) is -0.526. The molecule has 0 aromatic carbocycles. The predicted octanol–water partition coefficient (Wildman–Crippen LogP) is 2.92. The molecule has 0 spiro atoms. The molecule has 0 aliphatic heterocycles. The largest absolute Gasteiger partial charge is 0.433 e. The van der Waals surface area contributed by atoms with Gasteiger partial charge in [0.05, 0.1) is 6.20 Å². The fraction of sp³-hybridized carbons (Fsp3) is 0.250. The summed E-state index contributed by atoms with van der Waals surface area (Å²) in [7, 11) is 0. The normalized spacial score (nSPS) is 11.7. The topological polar surface area (TPSA) is 58.6 Å². The highest BCUT2D eigenvalue weighted by Gasteiger charge is 2.33. The molecule has 2 aromatic heterocycles. The van der Waals surface area contributed by atoms with Crippen LogP contribution in [0.15, 0.2) is 28.4 Å². The molecule has 0 aliphatic rings. The van der Waals surface area contributed by atoms with Crippen molar-refractivity contribution in [3.8, 4) is 0 Å². The molecule has 2 heterocycles. The van der Waals surface area contributed by atoms with Gasteiger partial charge in [-0.1, -0.05) is 11.8 Å². The zero-order valence-electron chi connectivity index (χ0n) is 10.7. The van der Waals surface area contributed by atoms with Gasteiger partial charge in [0.25, 0.3) is 5.56 Å². The second kappa shape index (κ2) is 5.84. The van der Waals surface area contributed by atoms with Gasteiger partial charge in [0.1, 0.15) is 5.82 Å². The van der Waals surface area contributed by atoms with E-state index in [1.165, 1.54) is 6.20 Å². The van der Waals surface area contributed by atoms with Crippen molar-refractivity contribution < 1.29 is 17.6 Å². The summed E-state index contributed by atoms with van der Waals surface area (Å²) in [4.78, 5) is 20.4. The lowest BCUT2D eigenvalue weighted by Crippen LogP contribution is -2.16. The van der Waals surface area contributed by atoms with Crippen LogP contribution in [0, 0.1) is 12.7 Å². The fourth-order valence-electron chi connectivity index (χ4n) is 1.53. The van der Waals surface area contributed by atoms with Gasteiger partial charge in [-0.25, -0.2) is 9.37 Å². The molecule has 0 radical (unpaired) electrons. The third-order valence-electron chi connectivity index (χ3n) is 2.58. The molecule has 0 amide bonds. The van der Waals surface area contributed by atoms with Gasteiger partial charge in [-0.3, -0.25) is 9.78 Å². The van der Waals surface area contributed by atoms with Crippen molar-refractivity contribution in [2.75, 3.05) is 0 Å². The fourth-order valence-corrected chi connectivity index (χ4v) is 2.51.